The molecule has 1 N–H and O–H groups in total. The zero-order chi connectivity index (χ0) is 30.5. The summed E-state index contributed by atoms with van der Waals surface area (Å²) in [6.07, 6.45) is 1.61. The number of rotatable bonds is 6. The van der Waals surface area contributed by atoms with Crippen molar-refractivity contribution in [3.05, 3.63) is 69.9 Å². The van der Waals surface area contributed by atoms with Gasteiger partial charge in [0.1, 0.15) is 23.1 Å². The van der Waals surface area contributed by atoms with Crippen LogP contribution in [0.2, 0.25) is 0 Å². The van der Waals surface area contributed by atoms with E-state index in [4.69, 9.17) is 10.7 Å². The molecule has 4 aromatic rings. The smallest absolute Gasteiger partial charge is 0.355 e. The second-order valence-corrected chi connectivity index (χ2v) is 13.5. The first-order valence-corrected chi connectivity index (χ1v) is 15.7. The van der Waals surface area contributed by atoms with Crippen molar-refractivity contribution in [3.8, 4) is 22.7 Å². The minimum absolute atomic E-state index is 0.0213. The second-order valence-electron chi connectivity index (χ2n) is 10.7. The van der Waals surface area contributed by atoms with Crippen molar-refractivity contribution in [3.63, 3.8) is 0 Å². The van der Waals surface area contributed by atoms with Crippen LogP contribution in [0.1, 0.15) is 31.0 Å². The van der Waals surface area contributed by atoms with Crippen molar-refractivity contribution in [2.75, 3.05) is 37.3 Å². The normalized spacial score (nSPS) is 16.5. The number of aryl methyl sites for hydroxylation is 1. The van der Waals surface area contributed by atoms with E-state index >= 15 is 4.39 Å². The van der Waals surface area contributed by atoms with Gasteiger partial charge in [0, 0.05) is 36.5 Å². The Labute approximate surface area is 245 Å². The van der Waals surface area contributed by atoms with Crippen LogP contribution in [0.3, 0.4) is 0 Å². The van der Waals surface area contributed by atoms with Crippen LogP contribution in [-0.4, -0.2) is 76.4 Å². The Morgan fingerprint density at radius 2 is 1.88 bits per heavy atom. The van der Waals surface area contributed by atoms with Gasteiger partial charge in [-0.1, -0.05) is 19.9 Å². The fourth-order valence-corrected chi connectivity index (χ4v) is 6.58. The van der Waals surface area contributed by atoms with Crippen LogP contribution in [0.5, 0.6) is 5.75 Å². The van der Waals surface area contributed by atoms with Gasteiger partial charge in [-0.15, -0.1) is 0 Å². The van der Waals surface area contributed by atoms with Crippen molar-refractivity contribution < 1.29 is 22.3 Å². The highest BCUT2D eigenvalue weighted by molar-refractivity contribution is 8.13. The molecule has 0 aliphatic carbocycles. The van der Waals surface area contributed by atoms with Crippen molar-refractivity contribution >= 4 is 36.6 Å². The molecule has 5 rings (SSSR count). The summed E-state index contributed by atoms with van der Waals surface area (Å²) < 4.78 is 56.2. The number of nitrogens with zero attached hydrogens (tertiary/aromatic N) is 6. The molecular formula is C28H29ClF2N6O4S. The Bertz CT molecular complexity index is 1850. The number of hydrogen-bond acceptors (Lipinski definition) is 9. The lowest BCUT2D eigenvalue weighted by atomic mass is 10.0. The maximum absolute atomic E-state index is 15.9. The summed E-state index contributed by atoms with van der Waals surface area (Å²) >= 11 is 0. The number of anilines is 1. The Hall–Kier alpha value is -3.68. The van der Waals surface area contributed by atoms with Crippen LogP contribution in [0.25, 0.3) is 28.0 Å². The van der Waals surface area contributed by atoms with Gasteiger partial charge < -0.3 is 14.9 Å². The summed E-state index contributed by atoms with van der Waals surface area (Å²) in [6.45, 7) is 6.63. The minimum atomic E-state index is -3.96. The van der Waals surface area contributed by atoms with E-state index in [1.54, 1.807) is 24.1 Å². The summed E-state index contributed by atoms with van der Waals surface area (Å²) in [4.78, 5) is 30.7. The molecule has 14 heteroatoms. The summed E-state index contributed by atoms with van der Waals surface area (Å²) in [6, 6.07) is 5.63. The maximum atomic E-state index is 15.9. The molecule has 0 saturated carbocycles. The minimum Gasteiger partial charge on any atom is -0.507 e. The maximum Gasteiger partial charge on any atom is 0.355 e. The molecule has 10 nitrogen and oxygen atoms in total. The zero-order valence-electron chi connectivity index (χ0n) is 23.3. The molecule has 1 saturated heterocycles. The highest BCUT2D eigenvalue weighted by Crippen LogP contribution is 2.37. The van der Waals surface area contributed by atoms with Crippen molar-refractivity contribution in [1.82, 2.24) is 24.4 Å². The fourth-order valence-electron chi connectivity index (χ4n) is 5.40. The molecule has 42 heavy (non-hydrogen) atoms. The molecule has 222 valence electrons. The van der Waals surface area contributed by atoms with Gasteiger partial charge in [0.2, 0.25) is 9.05 Å². The molecule has 1 unspecified atom stereocenters. The van der Waals surface area contributed by atoms with E-state index in [9.17, 15) is 22.7 Å². The van der Waals surface area contributed by atoms with Gasteiger partial charge in [0.25, 0.3) is 0 Å². The molecule has 1 aliphatic heterocycles. The Morgan fingerprint density at radius 1 is 1.14 bits per heavy atom. The van der Waals surface area contributed by atoms with E-state index in [0.717, 1.165) is 12.1 Å². The first kappa shape index (κ1) is 29.8. The zero-order valence-corrected chi connectivity index (χ0v) is 24.9. The standard InChI is InChI=1S/C28H29ClF2N6O4S/c1-15(2)23-25(16(3)8-9-32-23)37-27-18(12-20(31)24(33-27)22-19(30)6-5-7-21(22)38)26(34-28(37)39)36-11-10-35(4)13-17(36)14-42(29,40)41/h5-9,12,15,17,38H,10-11,13-14H2,1-4H3. The molecule has 0 spiro atoms. The molecule has 1 aromatic carbocycles. The summed E-state index contributed by atoms with van der Waals surface area (Å²) in [5.74, 6) is -2.96. The van der Waals surface area contributed by atoms with E-state index in [1.807, 2.05) is 25.8 Å². The van der Waals surface area contributed by atoms with Crippen LogP contribution < -0.4 is 10.6 Å². The monoisotopic (exact) mass is 618 g/mol. The number of fused-ring (bicyclic) bond motifs is 1. The summed E-state index contributed by atoms with van der Waals surface area (Å²) in [7, 11) is 3.49. The number of piperazine rings is 1. The molecule has 0 radical (unpaired) electrons. The van der Waals surface area contributed by atoms with Crippen LogP contribution in [0, 0.1) is 18.6 Å². The number of hydrogen-bond donors (Lipinski definition) is 1. The highest BCUT2D eigenvalue weighted by Gasteiger charge is 2.33. The van der Waals surface area contributed by atoms with Gasteiger partial charge in [0.05, 0.1) is 34.1 Å². The van der Waals surface area contributed by atoms with Crippen LogP contribution in [0.15, 0.2) is 41.3 Å². The van der Waals surface area contributed by atoms with E-state index < -0.39 is 55.2 Å². The molecule has 0 amide bonds. The first-order valence-electron chi connectivity index (χ1n) is 13.2. The number of benzene rings is 1. The average Bonchev–Trinajstić information content (AvgIpc) is 2.88. The number of aromatic hydroxyl groups is 1. The third-order valence-electron chi connectivity index (χ3n) is 7.30. The van der Waals surface area contributed by atoms with Gasteiger partial charge in [-0.25, -0.2) is 31.5 Å². The lowest BCUT2D eigenvalue weighted by Crippen LogP contribution is -2.55. The van der Waals surface area contributed by atoms with Gasteiger partial charge in [-0.05, 0) is 49.7 Å². The Kier molecular flexibility index (Phi) is 7.94. The molecular weight excluding hydrogens is 590 g/mol. The Balaban J connectivity index is 1.89. The Morgan fingerprint density at radius 3 is 2.55 bits per heavy atom. The quantitative estimate of drug-likeness (QED) is 0.320. The van der Waals surface area contributed by atoms with Crippen molar-refractivity contribution in [2.24, 2.45) is 0 Å². The number of likely N-dealkylation sites (N-methyl/N-ethyl adjacent to an activating group) is 1. The van der Waals surface area contributed by atoms with Gasteiger partial charge in [-0.3, -0.25) is 4.98 Å². The van der Waals surface area contributed by atoms with Gasteiger partial charge in [0.15, 0.2) is 11.5 Å². The highest BCUT2D eigenvalue weighted by atomic mass is 35.7. The summed E-state index contributed by atoms with van der Waals surface area (Å²) in [5, 5.41) is 10.5. The number of phenols is 1. The molecule has 1 aliphatic rings. The van der Waals surface area contributed by atoms with Crippen molar-refractivity contribution in [2.45, 2.75) is 32.7 Å². The molecule has 3 aromatic heterocycles. The van der Waals surface area contributed by atoms with Crippen LogP contribution in [0.4, 0.5) is 14.6 Å². The number of halogens is 3. The molecule has 1 fully saturated rings. The van der Waals surface area contributed by atoms with E-state index in [2.05, 4.69) is 15.0 Å². The van der Waals surface area contributed by atoms with Crippen LogP contribution >= 0.6 is 10.7 Å². The van der Waals surface area contributed by atoms with E-state index in [-0.39, 0.29) is 35.9 Å². The number of pyridine rings is 2. The fraction of sp³-hybridized carbons (Fsp3) is 0.357. The molecule has 1 atom stereocenters. The predicted octanol–water partition coefficient (Wildman–Crippen LogP) is 3.95. The van der Waals surface area contributed by atoms with Crippen LogP contribution in [-0.2, 0) is 9.05 Å². The third-order valence-corrected chi connectivity index (χ3v) is 8.46. The van der Waals surface area contributed by atoms with Crippen molar-refractivity contribution in [1.29, 1.82) is 0 Å². The SMILES string of the molecule is Cc1ccnc(C(C)C)c1-n1c(=O)nc(N2CCN(C)CC2CS(=O)(=O)Cl)c2cc(F)c(-c3c(O)cccc3F)nc21. The lowest BCUT2D eigenvalue weighted by Gasteiger charge is -2.40. The molecule has 4 heterocycles. The van der Waals surface area contributed by atoms with E-state index in [1.165, 1.54) is 16.7 Å². The lowest BCUT2D eigenvalue weighted by molar-refractivity contribution is 0.276. The predicted molar refractivity (Wildman–Crippen MR) is 157 cm³/mol. The van der Waals surface area contributed by atoms with Gasteiger partial charge in [-0.2, -0.15) is 4.98 Å². The largest absolute Gasteiger partial charge is 0.507 e. The summed E-state index contributed by atoms with van der Waals surface area (Å²) in [5.41, 5.74) is -0.194. The third kappa shape index (κ3) is 5.55. The first-order chi connectivity index (χ1) is 19.8. The number of phenolic OH excluding ortho intramolecular Hbond substituents is 1. The second kappa shape index (κ2) is 11.2. The van der Waals surface area contributed by atoms with Gasteiger partial charge >= 0.3 is 5.69 Å². The molecule has 0 bridgehead atoms. The van der Waals surface area contributed by atoms with E-state index in [0.29, 0.717) is 23.5 Å². The topological polar surface area (TPSA) is 122 Å². The average molecular weight is 619 g/mol. The number of aromatic nitrogens is 4.